The maximum Gasteiger partial charge on any atom is 0.226 e. The van der Waals surface area contributed by atoms with Crippen LogP contribution in [0.15, 0.2) is 23.4 Å². The molecule has 0 aromatic heterocycles. The lowest BCUT2D eigenvalue weighted by atomic mass is 9.34. The SMILES string of the molecule is [C-]#[N+]C1=C[C@]2(C)C3=CC(=O)[C@@H]4[C@@H]5CC(C)(C)CC[C@]5(CN5CCOC5)CC[C@@]4(C)[C@]3(C)CC[C@H]2C(C)(C)C1=O. The molecule has 1 aliphatic heterocycles. The summed E-state index contributed by atoms with van der Waals surface area (Å²) in [5.74, 6) is 0.761. The third-order valence-electron chi connectivity index (χ3n) is 13.4. The number of carbonyl (C=O) groups excluding carboxylic acids is 2. The Morgan fingerprint density at radius 3 is 2.41 bits per heavy atom. The lowest BCUT2D eigenvalue weighted by Gasteiger charge is -2.69. The molecule has 39 heavy (non-hydrogen) atoms. The van der Waals surface area contributed by atoms with Crippen LogP contribution < -0.4 is 0 Å². The Labute approximate surface area is 235 Å². The largest absolute Gasteiger partial charge is 0.365 e. The molecule has 5 heteroatoms. The number of allylic oxidation sites excluding steroid dienone is 4. The summed E-state index contributed by atoms with van der Waals surface area (Å²) in [4.78, 5) is 34.1. The van der Waals surface area contributed by atoms with E-state index in [1.807, 2.05) is 26.0 Å². The molecule has 5 aliphatic carbocycles. The van der Waals surface area contributed by atoms with Gasteiger partial charge in [-0.3, -0.25) is 9.69 Å². The van der Waals surface area contributed by atoms with Crippen molar-refractivity contribution in [3.8, 4) is 0 Å². The molecule has 1 saturated heterocycles. The molecule has 212 valence electrons. The first-order valence-electron chi connectivity index (χ1n) is 15.4. The predicted molar refractivity (Wildman–Crippen MR) is 152 cm³/mol. The molecule has 4 fully saturated rings. The van der Waals surface area contributed by atoms with Gasteiger partial charge < -0.3 is 9.53 Å². The van der Waals surface area contributed by atoms with Crippen LogP contribution in [-0.4, -0.2) is 42.9 Å². The summed E-state index contributed by atoms with van der Waals surface area (Å²) in [5, 5.41) is 0. The number of fused-ring (bicyclic) bond motifs is 7. The molecule has 0 aromatic carbocycles. The topological polar surface area (TPSA) is 51.0 Å². The number of ketones is 2. The van der Waals surface area contributed by atoms with Gasteiger partial charge in [0.25, 0.3) is 0 Å². The number of nitrogens with zero attached hydrogens (tertiary/aromatic N) is 2. The molecular formula is C34H48N2O3. The van der Waals surface area contributed by atoms with E-state index in [9.17, 15) is 9.59 Å². The van der Waals surface area contributed by atoms with Gasteiger partial charge in [0, 0.05) is 29.8 Å². The maximum atomic E-state index is 14.6. The van der Waals surface area contributed by atoms with E-state index in [4.69, 9.17) is 11.3 Å². The van der Waals surface area contributed by atoms with Crippen LogP contribution in [0.2, 0.25) is 0 Å². The first-order valence-corrected chi connectivity index (χ1v) is 15.4. The summed E-state index contributed by atoms with van der Waals surface area (Å²) in [6.45, 7) is 27.3. The molecule has 7 atom stereocenters. The molecule has 5 nitrogen and oxygen atoms in total. The molecule has 0 spiro atoms. The van der Waals surface area contributed by atoms with Crippen molar-refractivity contribution in [2.24, 2.45) is 50.2 Å². The van der Waals surface area contributed by atoms with Crippen LogP contribution in [-0.2, 0) is 14.3 Å². The van der Waals surface area contributed by atoms with E-state index >= 15 is 0 Å². The highest BCUT2D eigenvalue weighted by molar-refractivity contribution is 6.03. The quantitative estimate of drug-likeness (QED) is 0.365. The maximum absolute atomic E-state index is 14.6. The van der Waals surface area contributed by atoms with Gasteiger partial charge in [-0.05, 0) is 84.5 Å². The minimum Gasteiger partial charge on any atom is -0.365 e. The van der Waals surface area contributed by atoms with Gasteiger partial charge in [-0.15, -0.1) is 0 Å². The molecule has 0 radical (unpaired) electrons. The van der Waals surface area contributed by atoms with Gasteiger partial charge in [0.1, 0.15) is 0 Å². The monoisotopic (exact) mass is 532 g/mol. The Hall–Kier alpha value is -1.77. The predicted octanol–water partition coefficient (Wildman–Crippen LogP) is 6.85. The van der Waals surface area contributed by atoms with Crippen LogP contribution in [0.4, 0.5) is 0 Å². The lowest BCUT2D eigenvalue weighted by Crippen LogP contribution is -2.65. The standard InChI is InChI=1S/C34H48N2O3/c1-29(2)11-13-34(20-36-15-16-39-21-36)14-12-33(7)27(22(34)18-29)24(37)17-26-31(5)19-23(35-8)28(38)30(3,4)25(31)9-10-32(26,33)6/h17,19,22,25,27H,9-16,18,20-21H2,1-7H3/t22-,25-,27-,31-,32+,33+,34+/m0/s1. The number of carbonyl (C=O) groups is 2. The number of rotatable bonds is 2. The Morgan fingerprint density at radius 2 is 1.74 bits per heavy atom. The highest BCUT2D eigenvalue weighted by Crippen LogP contribution is 2.74. The summed E-state index contributed by atoms with van der Waals surface area (Å²) in [7, 11) is 0. The normalized spacial score (nSPS) is 46.7. The van der Waals surface area contributed by atoms with Gasteiger partial charge in [0.05, 0.1) is 19.9 Å². The summed E-state index contributed by atoms with van der Waals surface area (Å²) in [5.41, 5.74) is 0.525. The summed E-state index contributed by atoms with van der Waals surface area (Å²) in [6.07, 6.45) is 11.7. The lowest BCUT2D eigenvalue weighted by molar-refractivity contribution is -0.174. The van der Waals surface area contributed by atoms with E-state index < -0.39 is 10.8 Å². The second-order valence-electron chi connectivity index (χ2n) is 16.2. The van der Waals surface area contributed by atoms with Gasteiger partial charge in [-0.2, -0.15) is 0 Å². The molecule has 0 N–H and O–H groups in total. The fourth-order valence-electron chi connectivity index (χ4n) is 11.0. The van der Waals surface area contributed by atoms with E-state index in [1.54, 1.807) is 0 Å². The van der Waals surface area contributed by atoms with Crippen molar-refractivity contribution in [1.82, 2.24) is 4.90 Å². The van der Waals surface area contributed by atoms with Crippen LogP contribution in [0.1, 0.15) is 93.4 Å². The van der Waals surface area contributed by atoms with Gasteiger partial charge >= 0.3 is 0 Å². The van der Waals surface area contributed by atoms with Crippen molar-refractivity contribution in [3.63, 3.8) is 0 Å². The molecule has 0 aromatic rings. The molecule has 0 amide bonds. The van der Waals surface area contributed by atoms with E-state index in [1.165, 1.54) is 24.8 Å². The Kier molecular flexibility index (Phi) is 5.89. The second-order valence-corrected chi connectivity index (χ2v) is 16.2. The molecule has 6 rings (SSSR count). The Bertz CT molecular complexity index is 1220. The molecular weight excluding hydrogens is 484 g/mol. The number of Topliss-reactive ketones (excluding diaryl/α,β-unsaturated/α-hetero) is 1. The van der Waals surface area contributed by atoms with Crippen molar-refractivity contribution in [2.45, 2.75) is 93.4 Å². The van der Waals surface area contributed by atoms with E-state index in [2.05, 4.69) is 44.4 Å². The molecule has 0 unspecified atom stereocenters. The second kappa shape index (κ2) is 8.39. The van der Waals surface area contributed by atoms with E-state index in [0.717, 1.165) is 52.1 Å². The summed E-state index contributed by atoms with van der Waals surface area (Å²) in [6, 6.07) is 0. The van der Waals surface area contributed by atoms with Crippen molar-refractivity contribution in [2.75, 3.05) is 26.4 Å². The molecule has 3 saturated carbocycles. The molecule has 6 aliphatic rings. The highest BCUT2D eigenvalue weighted by Gasteiger charge is 2.69. The zero-order valence-electron chi connectivity index (χ0n) is 25.3. The third kappa shape index (κ3) is 3.56. The first kappa shape index (κ1) is 27.4. The van der Waals surface area contributed by atoms with Crippen molar-refractivity contribution < 1.29 is 14.3 Å². The Morgan fingerprint density at radius 1 is 1.03 bits per heavy atom. The minimum absolute atomic E-state index is 0.0193. The van der Waals surface area contributed by atoms with Crippen LogP contribution in [0.5, 0.6) is 0 Å². The zero-order chi connectivity index (χ0) is 28.2. The zero-order valence-corrected chi connectivity index (χ0v) is 25.3. The van der Waals surface area contributed by atoms with Gasteiger partial charge in [-0.25, -0.2) is 4.85 Å². The average Bonchev–Trinajstić information content (AvgIpc) is 3.36. The van der Waals surface area contributed by atoms with Gasteiger partial charge in [0.15, 0.2) is 11.6 Å². The third-order valence-corrected chi connectivity index (χ3v) is 13.4. The van der Waals surface area contributed by atoms with Crippen LogP contribution in [0.25, 0.3) is 4.85 Å². The van der Waals surface area contributed by atoms with E-state index in [0.29, 0.717) is 11.7 Å². The Balaban J connectivity index is 1.48. The van der Waals surface area contributed by atoms with Crippen molar-refractivity contribution >= 4 is 11.6 Å². The van der Waals surface area contributed by atoms with Gasteiger partial charge in [0.2, 0.25) is 5.70 Å². The number of hydrogen-bond donors (Lipinski definition) is 0. The fraction of sp³-hybridized carbons (Fsp3) is 0.794. The van der Waals surface area contributed by atoms with Crippen molar-refractivity contribution in [3.05, 3.63) is 34.8 Å². The van der Waals surface area contributed by atoms with Crippen molar-refractivity contribution in [1.29, 1.82) is 0 Å². The molecule has 1 heterocycles. The molecule has 0 bridgehead atoms. The van der Waals surface area contributed by atoms with Crippen LogP contribution >= 0.6 is 0 Å². The number of hydrogen-bond acceptors (Lipinski definition) is 4. The number of ether oxygens (including phenoxy) is 1. The average molecular weight is 533 g/mol. The summed E-state index contributed by atoms with van der Waals surface area (Å²) >= 11 is 0. The van der Waals surface area contributed by atoms with Gasteiger partial charge in [-0.1, -0.05) is 60.1 Å². The smallest absolute Gasteiger partial charge is 0.226 e. The minimum atomic E-state index is -0.612. The van der Waals surface area contributed by atoms with Crippen LogP contribution in [0.3, 0.4) is 0 Å². The van der Waals surface area contributed by atoms with Crippen LogP contribution in [0, 0.1) is 56.8 Å². The highest BCUT2D eigenvalue weighted by atomic mass is 16.5. The fourth-order valence-corrected chi connectivity index (χ4v) is 11.0. The first-order chi connectivity index (χ1) is 18.1. The van der Waals surface area contributed by atoms with E-state index in [-0.39, 0.29) is 45.0 Å². The summed E-state index contributed by atoms with van der Waals surface area (Å²) < 4.78 is 5.75.